The van der Waals surface area contributed by atoms with Crippen LogP contribution in [0.25, 0.3) is 0 Å². The quantitative estimate of drug-likeness (QED) is 0.613. The maximum absolute atomic E-state index is 14.1. The minimum Gasteiger partial charge on any atom is -0.377 e. The maximum Gasteiger partial charge on any atom is 0.270 e. The molecule has 1 aromatic carbocycles. The first-order chi connectivity index (χ1) is 9.41. The number of amides is 1. The second kappa shape index (κ2) is 5.54. The van der Waals surface area contributed by atoms with E-state index in [4.69, 9.17) is 4.74 Å². The van der Waals surface area contributed by atoms with Crippen molar-refractivity contribution in [2.45, 2.75) is 19.9 Å². The van der Waals surface area contributed by atoms with Gasteiger partial charge in [0.25, 0.3) is 11.6 Å². The van der Waals surface area contributed by atoms with E-state index in [1.54, 1.807) is 6.92 Å². The highest BCUT2D eigenvalue weighted by Gasteiger charge is 2.28. The third-order valence-corrected chi connectivity index (χ3v) is 3.31. The van der Waals surface area contributed by atoms with E-state index in [2.05, 4.69) is 0 Å². The van der Waals surface area contributed by atoms with Crippen LogP contribution in [-0.2, 0) is 4.74 Å². The smallest absolute Gasteiger partial charge is 0.270 e. The molecule has 1 aliphatic rings. The average molecular weight is 282 g/mol. The number of morpholine rings is 1. The van der Waals surface area contributed by atoms with E-state index in [0.29, 0.717) is 19.8 Å². The van der Waals surface area contributed by atoms with Gasteiger partial charge in [-0.05, 0) is 19.4 Å². The number of benzene rings is 1. The third-order valence-electron chi connectivity index (χ3n) is 3.31. The van der Waals surface area contributed by atoms with Crippen LogP contribution in [0.5, 0.6) is 0 Å². The summed E-state index contributed by atoms with van der Waals surface area (Å²) < 4.78 is 19.3. The number of carbonyl (C=O) groups is 1. The molecule has 20 heavy (non-hydrogen) atoms. The summed E-state index contributed by atoms with van der Waals surface area (Å²) in [6.07, 6.45) is 0. The van der Waals surface area contributed by atoms with Crippen molar-refractivity contribution in [1.29, 1.82) is 0 Å². The van der Waals surface area contributed by atoms with Crippen LogP contribution >= 0.6 is 0 Å². The van der Waals surface area contributed by atoms with Gasteiger partial charge in [0, 0.05) is 18.7 Å². The Morgan fingerprint density at radius 1 is 1.55 bits per heavy atom. The van der Waals surface area contributed by atoms with Crippen molar-refractivity contribution in [3.8, 4) is 0 Å². The van der Waals surface area contributed by atoms with Crippen LogP contribution in [0.15, 0.2) is 12.1 Å². The van der Waals surface area contributed by atoms with Crippen LogP contribution < -0.4 is 0 Å². The van der Waals surface area contributed by atoms with E-state index in [1.165, 1.54) is 11.8 Å². The molecule has 108 valence electrons. The van der Waals surface area contributed by atoms with Gasteiger partial charge >= 0.3 is 0 Å². The molecule has 1 atom stereocenters. The van der Waals surface area contributed by atoms with Gasteiger partial charge in [0.15, 0.2) is 0 Å². The zero-order chi connectivity index (χ0) is 14.9. The molecule has 0 saturated carbocycles. The molecule has 6 nitrogen and oxygen atoms in total. The summed E-state index contributed by atoms with van der Waals surface area (Å²) in [5.41, 5.74) is -0.456. The van der Waals surface area contributed by atoms with Crippen LogP contribution in [0, 0.1) is 22.9 Å². The number of hydrogen-bond acceptors (Lipinski definition) is 4. The fourth-order valence-corrected chi connectivity index (χ4v) is 2.20. The maximum atomic E-state index is 14.1. The summed E-state index contributed by atoms with van der Waals surface area (Å²) >= 11 is 0. The molecule has 0 N–H and O–H groups in total. The topological polar surface area (TPSA) is 72.7 Å². The van der Waals surface area contributed by atoms with Gasteiger partial charge in [-0.25, -0.2) is 4.39 Å². The summed E-state index contributed by atoms with van der Waals surface area (Å²) in [5.74, 6) is -1.25. The largest absolute Gasteiger partial charge is 0.377 e. The Hall–Kier alpha value is -2.02. The molecule has 2 rings (SSSR count). The standard InChI is InChI=1S/C13H15FN2O4/c1-8-5-10(16(18)19)6-11(12(8)14)13(17)15-3-4-20-7-9(15)2/h5-6,9H,3-4,7H2,1-2H3. The fraction of sp³-hybridized carbons (Fsp3) is 0.462. The molecule has 0 aromatic heterocycles. The summed E-state index contributed by atoms with van der Waals surface area (Å²) in [5, 5.41) is 10.8. The first-order valence-corrected chi connectivity index (χ1v) is 6.25. The van der Waals surface area contributed by atoms with E-state index in [0.717, 1.165) is 12.1 Å². The van der Waals surface area contributed by atoms with E-state index in [1.807, 2.05) is 0 Å². The predicted molar refractivity (Wildman–Crippen MR) is 69.1 cm³/mol. The first kappa shape index (κ1) is 14.4. The van der Waals surface area contributed by atoms with Gasteiger partial charge in [-0.3, -0.25) is 14.9 Å². The van der Waals surface area contributed by atoms with E-state index in [-0.39, 0.29) is 22.9 Å². The minimum atomic E-state index is -0.709. The normalized spacial score (nSPS) is 18.9. The van der Waals surface area contributed by atoms with Crippen molar-refractivity contribution >= 4 is 11.6 Å². The highest BCUT2D eigenvalue weighted by atomic mass is 19.1. The molecular weight excluding hydrogens is 267 g/mol. The lowest BCUT2D eigenvalue weighted by Gasteiger charge is -2.33. The summed E-state index contributed by atoms with van der Waals surface area (Å²) in [6, 6.07) is 1.93. The fourth-order valence-electron chi connectivity index (χ4n) is 2.20. The number of hydrogen-bond donors (Lipinski definition) is 0. The van der Waals surface area contributed by atoms with Gasteiger partial charge in [-0.2, -0.15) is 0 Å². The van der Waals surface area contributed by atoms with Gasteiger partial charge in [0.2, 0.25) is 0 Å². The Bertz CT molecular complexity index is 562. The number of nitro benzene ring substituents is 1. The van der Waals surface area contributed by atoms with Crippen LogP contribution in [-0.4, -0.2) is 41.5 Å². The van der Waals surface area contributed by atoms with Crippen LogP contribution in [0.4, 0.5) is 10.1 Å². The number of carbonyl (C=O) groups excluding carboxylic acids is 1. The second-order valence-electron chi connectivity index (χ2n) is 4.80. The minimum absolute atomic E-state index is 0.0865. The lowest BCUT2D eigenvalue weighted by Crippen LogP contribution is -2.47. The Morgan fingerprint density at radius 2 is 2.25 bits per heavy atom. The molecule has 1 aliphatic heterocycles. The number of non-ortho nitro benzene ring substituents is 1. The highest BCUT2D eigenvalue weighted by Crippen LogP contribution is 2.23. The van der Waals surface area contributed by atoms with Crippen molar-refractivity contribution in [2.75, 3.05) is 19.8 Å². The number of ether oxygens (including phenoxy) is 1. The van der Waals surface area contributed by atoms with E-state index < -0.39 is 16.6 Å². The van der Waals surface area contributed by atoms with E-state index in [9.17, 15) is 19.3 Å². The van der Waals surface area contributed by atoms with Crippen molar-refractivity contribution in [3.05, 3.63) is 39.2 Å². The lowest BCUT2D eigenvalue weighted by atomic mass is 10.1. The van der Waals surface area contributed by atoms with Crippen molar-refractivity contribution in [3.63, 3.8) is 0 Å². The number of nitro groups is 1. The number of halogens is 1. The van der Waals surface area contributed by atoms with Gasteiger partial charge < -0.3 is 9.64 Å². The van der Waals surface area contributed by atoms with Crippen LogP contribution in [0.3, 0.4) is 0 Å². The van der Waals surface area contributed by atoms with Crippen LogP contribution in [0.2, 0.25) is 0 Å². The molecule has 0 bridgehead atoms. The highest BCUT2D eigenvalue weighted by molar-refractivity contribution is 5.95. The van der Waals surface area contributed by atoms with Gasteiger partial charge in [0.05, 0.1) is 29.7 Å². The Kier molecular flexibility index (Phi) is 3.99. The first-order valence-electron chi connectivity index (χ1n) is 6.25. The summed E-state index contributed by atoms with van der Waals surface area (Å²) in [4.78, 5) is 24.0. The molecule has 1 fully saturated rings. The van der Waals surface area contributed by atoms with Crippen molar-refractivity contribution in [1.82, 2.24) is 4.90 Å². The predicted octanol–water partition coefficient (Wildman–Crippen LogP) is 1.90. The molecule has 0 spiro atoms. The Labute approximate surface area is 115 Å². The molecule has 1 saturated heterocycles. The van der Waals surface area contributed by atoms with E-state index >= 15 is 0 Å². The summed E-state index contributed by atoms with van der Waals surface area (Å²) in [7, 11) is 0. The SMILES string of the molecule is Cc1cc([N+](=O)[O-])cc(C(=O)N2CCOCC2C)c1F. The Morgan fingerprint density at radius 3 is 2.85 bits per heavy atom. The molecule has 7 heteroatoms. The molecule has 0 radical (unpaired) electrons. The number of aryl methyl sites for hydroxylation is 1. The Balaban J connectivity index is 2.40. The molecule has 1 aromatic rings. The van der Waals surface area contributed by atoms with Crippen LogP contribution in [0.1, 0.15) is 22.8 Å². The summed E-state index contributed by atoms with van der Waals surface area (Å²) in [6.45, 7) is 4.30. The van der Waals surface area contributed by atoms with Gasteiger partial charge in [-0.15, -0.1) is 0 Å². The molecule has 1 unspecified atom stereocenters. The average Bonchev–Trinajstić information content (AvgIpc) is 2.41. The third kappa shape index (κ3) is 2.62. The van der Waals surface area contributed by atoms with Gasteiger partial charge in [-0.1, -0.05) is 0 Å². The molecule has 1 amide bonds. The lowest BCUT2D eigenvalue weighted by molar-refractivity contribution is -0.385. The second-order valence-corrected chi connectivity index (χ2v) is 4.80. The zero-order valence-electron chi connectivity index (χ0n) is 11.3. The molecule has 1 heterocycles. The number of rotatable bonds is 2. The monoisotopic (exact) mass is 282 g/mol. The molecule has 0 aliphatic carbocycles. The molecular formula is C13H15FN2O4. The zero-order valence-corrected chi connectivity index (χ0v) is 11.3. The van der Waals surface area contributed by atoms with Gasteiger partial charge in [0.1, 0.15) is 5.82 Å². The number of nitrogens with zero attached hydrogens (tertiary/aromatic N) is 2. The van der Waals surface area contributed by atoms with Crippen molar-refractivity contribution < 1.29 is 18.8 Å². The van der Waals surface area contributed by atoms with Crippen molar-refractivity contribution in [2.24, 2.45) is 0 Å².